The van der Waals surface area contributed by atoms with E-state index in [1.54, 1.807) is 10.9 Å². The van der Waals surface area contributed by atoms with E-state index in [1.165, 1.54) is 0 Å². The summed E-state index contributed by atoms with van der Waals surface area (Å²) < 4.78 is 7.57. The van der Waals surface area contributed by atoms with E-state index >= 15 is 0 Å². The number of benzene rings is 2. The lowest BCUT2D eigenvalue weighted by atomic mass is 10.3. The number of aromatic nitrogens is 2. The Labute approximate surface area is 140 Å². The molecular formula is C18H19N5O. The summed E-state index contributed by atoms with van der Waals surface area (Å²) in [6.07, 6.45) is 1.73. The zero-order valence-corrected chi connectivity index (χ0v) is 13.4. The van der Waals surface area contributed by atoms with E-state index < -0.39 is 0 Å². The molecule has 0 saturated carbocycles. The van der Waals surface area contributed by atoms with Crippen LogP contribution in [0.25, 0.3) is 0 Å². The largest absolute Gasteiger partial charge is 0.457 e. The summed E-state index contributed by atoms with van der Waals surface area (Å²) in [5, 5.41) is 7.17. The van der Waals surface area contributed by atoms with Gasteiger partial charge in [0.25, 0.3) is 0 Å². The number of nitrogens with two attached hydrogens (primary N) is 1. The summed E-state index contributed by atoms with van der Waals surface area (Å²) in [5.41, 5.74) is 7.74. The monoisotopic (exact) mass is 321 g/mol. The average molecular weight is 321 g/mol. The van der Waals surface area contributed by atoms with Crippen LogP contribution in [0.3, 0.4) is 0 Å². The molecule has 2 aromatic carbocycles. The van der Waals surface area contributed by atoms with Crippen LogP contribution < -0.4 is 15.8 Å². The molecule has 3 N–H and O–H groups in total. The van der Waals surface area contributed by atoms with E-state index in [4.69, 9.17) is 10.5 Å². The molecule has 1 aromatic heterocycles. The molecule has 24 heavy (non-hydrogen) atoms. The van der Waals surface area contributed by atoms with Crippen molar-refractivity contribution >= 4 is 11.6 Å². The van der Waals surface area contributed by atoms with Crippen molar-refractivity contribution in [2.75, 3.05) is 5.32 Å². The van der Waals surface area contributed by atoms with Gasteiger partial charge in [0, 0.05) is 25.0 Å². The summed E-state index contributed by atoms with van der Waals surface area (Å²) in [6.45, 7) is 0.468. The van der Waals surface area contributed by atoms with Gasteiger partial charge in [-0.2, -0.15) is 5.10 Å². The highest BCUT2D eigenvalue weighted by atomic mass is 16.5. The number of anilines is 1. The number of aryl methyl sites for hydroxylation is 1. The zero-order chi connectivity index (χ0) is 16.8. The van der Waals surface area contributed by atoms with Crippen molar-refractivity contribution in [2.45, 2.75) is 6.54 Å². The first kappa shape index (κ1) is 15.6. The van der Waals surface area contributed by atoms with E-state index in [9.17, 15) is 0 Å². The van der Waals surface area contributed by atoms with Crippen LogP contribution in [0, 0.1) is 0 Å². The molecule has 122 valence electrons. The summed E-state index contributed by atoms with van der Waals surface area (Å²) in [5.74, 6) is 1.85. The second-order valence-electron chi connectivity index (χ2n) is 5.22. The second kappa shape index (κ2) is 7.32. The van der Waals surface area contributed by atoms with E-state index in [0.717, 1.165) is 22.9 Å². The molecule has 0 saturated heterocycles. The molecule has 6 heteroatoms. The van der Waals surface area contributed by atoms with Crippen molar-refractivity contribution < 1.29 is 4.74 Å². The molecule has 3 aromatic rings. The lowest BCUT2D eigenvalue weighted by Crippen LogP contribution is -2.22. The zero-order valence-electron chi connectivity index (χ0n) is 13.4. The molecule has 0 radical (unpaired) electrons. The second-order valence-corrected chi connectivity index (χ2v) is 5.22. The Hall–Kier alpha value is -3.28. The molecule has 0 aliphatic rings. The molecule has 6 nitrogen and oxygen atoms in total. The maximum Gasteiger partial charge on any atom is 0.193 e. The summed E-state index contributed by atoms with van der Waals surface area (Å²) in [6, 6.07) is 19.1. The lowest BCUT2D eigenvalue weighted by molar-refractivity contribution is 0.483. The smallest absolute Gasteiger partial charge is 0.193 e. The van der Waals surface area contributed by atoms with Gasteiger partial charge in [0.2, 0.25) is 0 Å². The van der Waals surface area contributed by atoms with Crippen LogP contribution >= 0.6 is 0 Å². The van der Waals surface area contributed by atoms with Crippen molar-refractivity contribution in [3.05, 3.63) is 72.6 Å². The van der Waals surface area contributed by atoms with Crippen LogP contribution in [-0.2, 0) is 13.6 Å². The van der Waals surface area contributed by atoms with Gasteiger partial charge in [-0.25, -0.2) is 4.99 Å². The number of hydrogen-bond donors (Lipinski definition) is 2. The van der Waals surface area contributed by atoms with Crippen LogP contribution in [0.1, 0.15) is 5.69 Å². The number of ether oxygens (including phenoxy) is 1. The predicted molar refractivity (Wildman–Crippen MR) is 95.1 cm³/mol. The van der Waals surface area contributed by atoms with Gasteiger partial charge in [0.15, 0.2) is 5.96 Å². The summed E-state index contributed by atoms with van der Waals surface area (Å²) in [7, 11) is 1.87. The molecule has 0 aliphatic heterocycles. The van der Waals surface area contributed by atoms with Gasteiger partial charge < -0.3 is 15.8 Å². The Kier molecular flexibility index (Phi) is 4.76. The number of rotatable bonds is 5. The SMILES string of the molecule is Cn1nccc1CN=C(N)Nc1cccc(Oc2ccccc2)c1. The topological polar surface area (TPSA) is 77.5 Å². The van der Waals surface area contributed by atoms with Crippen LogP contribution in [0.4, 0.5) is 5.69 Å². The number of para-hydroxylation sites is 1. The molecule has 0 unspecified atom stereocenters. The lowest BCUT2D eigenvalue weighted by Gasteiger charge is -2.09. The van der Waals surface area contributed by atoms with Crippen LogP contribution in [0.15, 0.2) is 71.9 Å². The number of hydrogen-bond acceptors (Lipinski definition) is 3. The van der Waals surface area contributed by atoms with Gasteiger partial charge in [-0.05, 0) is 30.3 Å². The molecule has 0 atom stereocenters. The third kappa shape index (κ3) is 4.13. The maximum absolute atomic E-state index is 5.94. The van der Waals surface area contributed by atoms with Gasteiger partial charge in [-0.3, -0.25) is 4.68 Å². The Bertz CT molecular complexity index is 826. The maximum atomic E-state index is 5.94. The van der Waals surface area contributed by atoms with Gasteiger partial charge in [-0.1, -0.05) is 24.3 Å². The molecule has 0 amide bonds. The minimum absolute atomic E-state index is 0.341. The first-order valence-corrected chi connectivity index (χ1v) is 7.57. The van der Waals surface area contributed by atoms with Crippen molar-refractivity contribution in [3.63, 3.8) is 0 Å². The number of aliphatic imine (C=N–C) groups is 1. The molecule has 0 fully saturated rings. The fourth-order valence-corrected chi connectivity index (χ4v) is 2.17. The number of nitrogens with one attached hydrogen (secondary N) is 1. The standard InChI is InChI=1S/C18H19N5O/c1-23-15(10-11-21-23)13-20-18(19)22-14-6-5-9-17(12-14)24-16-7-3-2-4-8-16/h2-12H,13H2,1H3,(H3,19,20,22). The summed E-state index contributed by atoms with van der Waals surface area (Å²) >= 11 is 0. The third-order valence-corrected chi connectivity index (χ3v) is 3.42. The Morgan fingerprint density at radius 2 is 1.92 bits per heavy atom. The highest BCUT2D eigenvalue weighted by Gasteiger charge is 2.01. The highest BCUT2D eigenvalue weighted by Crippen LogP contribution is 2.23. The fourth-order valence-electron chi connectivity index (χ4n) is 2.17. The minimum atomic E-state index is 0.341. The third-order valence-electron chi connectivity index (χ3n) is 3.42. The van der Waals surface area contributed by atoms with E-state index in [-0.39, 0.29) is 0 Å². The first-order valence-electron chi connectivity index (χ1n) is 7.57. The van der Waals surface area contributed by atoms with Crippen molar-refractivity contribution in [1.82, 2.24) is 9.78 Å². The molecular weight excluding hydrogens is 302 g/mol. The first-order chi connectivity index (χ1) is 11.7. The Morgan fingerprint density at radius 1 is 1.12 bits per heavy atom. The quantitative estimate of drug-likeness (QED) is 0.559. The van der Waals surface area contributed by atoms with Gasteiger partial charge in [0.05, 0.1) is 12.2 Å². The molecule has 3 rings (SSSR count). The van der Waals surface area contributed by atoms with Crippen molar-refractivity contribution in [2.24, 2.45) is 17.8 Å². The molecule has 1 heterocycles. The molecule has 0 bridgehead atoms. The normalized spacial score (nSPS) is 11.3. The summed E-state index contributed by atoms with van der Waals surface area (Å²) in [4.78, 5) is 4.32. The van der Waals surface area contributed by atoms with Gasteiger partial charge in [-0.15, -0.1) is 0 Å². The highest BCUT2D eigenvalue weighted by molar-refractivity contribution is 5.92. The number of nitrogens with zero attached hydrogens (tertiary/aromatic N) is 3. The van der Waals surface area contributed by atoms with Crippen molar-refractivity contribution in [1.29, 1.82) is 0 Å². The Balaban J connectivity index is 1.64. The van der Waals surface area contributed by atoms with E-state index in [1.807, 2.05) is 67.7 Å². The van der Waals surface area contributed by atoms with Crippen molar-refractivity contribution in [3.8, 4) is 11.5 Å². The average Bonchev–Trinajstić information content (AvgIpc) is 2.99. The molecule has 0 spiro atoms. The van der Waals surface area contributed by atoms with Crippen LogP contribution in [0.2, 0.25) is 0 Å². The van der Waals surface area contributed by atoms with Crippen LogP contribution in [-0.4, -0.2) is 15.7 Å². The number of guanidine groups is 1. The van der Waals surface area contributed by atoms with Gasteiger partial charge in [0.1, 0.15) is 11.5 Å². The fraction of sp³-hybridized carbons (Fsp3) is 0.111. The predicted octanol–water partition coefficient (Wildman–Crippen LogP) is 3.14. The minimum Gasteiger partial charge on any atom is -0.457 e. The van der Waals surface area contributed by atoms with Crippen LogP contribution in [0.5, 0.6) is 11.5 Å². The molecule has 0 aliphatic carbocycles. The van der Waals surface area contributed by atoms with Gasteiger partial charge >= 0.3 is 0 Å². The van der Waals surface area contributed by atoms with E-state index in [0.29, 0.717) is 12.5 Å². The Morgan fingerprint density at radius 3 is 2.67 bits per heavy atom. The van der Waals surface area contributed by atoms with E-state index in [2.05, 4.69) is 15.4 Å².